The maximum absolute atomic E-state index is 12.5. The average Bonchev–Trinajstić information content (AvgIpc) is 3.01. The van der Waals surface area contributed by atoms with Gasteiger partial charge in [-0.1, -0.05) is 6.92 Å². The smallest absolute Gasteiger partial charge is 0.254 e. The molecule has 1 saturated heterocycles. The van der Waals surface area contributed by atoms with Crippen molar-refractivity contribution in [3.8, 4) is 0 Å². The summed E-state index contributed by atoms with van der Waals surface area (Å²) in [6.45, 7) is 5.22. The summed E-state index contributed by atoms with van der Waals surface area (Å²) in [6.07, 6.45) is 9.10. The van der Waals surface area contributed by atoms with E-state index in [1.165, 1.54) is 25.7 Å². The summed E-state index contributed by atoms with van der Waals surface area (Å²) in [5.74, 6) is 0.835. The van der Waals surface area contributed by atoms with Gasteiger partial charge in [0.05, 0.1) is 18.1 Å². The largest absolute Gasteiger partial charge is 0.364 e. The molecule has 1 unspecified atom stereocenters. The second-order valence-corrected chi connectivity index (χ2v) is 7.34. The molecule has 3 rings (SSSR count). The van der Waals surface area contributed by atoms with Crippen molar-refractivity contribution < 1.29 is 14.3 Å². The lowest BCUT2D eigenvalue weighted by molar-refractivity contribution is -0.167. The van der Waals surface area contributed by atoms with Crippen molar-refractivity contribution in [2.24, 2.45) is 5.92 Å². The highest BCUT2D eigenvalue weighted by Crippen LogP contribution is 2.31. The van der Waals surface area contributed by atoms with Gasteiger partial charge < -0.3 is 18.9 Å². The first-order valence-electron chi connectivity index (χ1n) is 9.02. The fraction of sp³-hybridized carbons (Fsp3) is 0.778. The van der Waals surface area contributed by atoms with Crippen molar-refractivity contribution in [1.82, 2.24) is 14.5 Å². The van der Waals surface area contributed by atoms with Crippen LogP contribution >= 0.6 is 0 Å². The number of morpholine rings is 1. The van der Waals surface area contributed by atoms with Gasteiger partial charge in [-0.25, -0.2) is 4.98 Å². The molecular formula is C18H29N3O3. The Hall–Kier alpha value is -1.40. The molecule has 1 amide bonds. The van der Waals surface area contributed by atoms with Crippen molar-refractivity contribution in [2.75, 3.05) is 20.4 Å². The summed E-state index contributed by atoms with van der Waals surface area (Å²) in [6, 6.07) is 0.550. The number of aromatic nitrogens is 2. The molecule has 1 aromatic heterocycles. The minimum atomic E-state index is -0.460. The van der Waals surface area contributed by atoms with Crippen LogP contribution < -0.4 is 0 Å². The van der Waals surface area contributed by atoms with Crippen LogP contribution in [-0.4, -0.2) is 53.0 Å². The van der Waals surface area contributed by atoms with Gasteiger partial charge in [-0.3, -0.25) is 4.79 Å². The molecule has 0 N–H and O–H groups in total. The van der Waals surface area contributed by atoms with Crippen molar-refractivity contribution >= 4 is 5.91 Å². The minimum absolute atomic E-state index is 0.00371. The molecule has 6 nitrogen and oxygen atoms in total. The molecule has 1 aliphatic carbocycles. The average molecular weight is 335 g/mol. The molecule has 1 aromatic rings. The van der Waals surface area contributed by atoms with E-state index in [4.69, 9.17) is 9.47 Å². The number of nitrogens with zero attached hydrogens (tertiary/aromatic N) is 3. The van der Waals surface area contributed by atoms with Gasteiger partial charge in [0, 0.05) is 32.3 Å². The number of methoxy groups -OCH3 is 1. The molecule has 134 valence electrons. The van der Waals surface area contributed by atoms with Gasteiger partial charge in [0.2, 0.25) is 0 Å². The van der Waals surface area contributed by atoms with E-state index in [-0.39, 0.29) is 12.0 Å². The fourth-order valence-corrected chi connectivity index (χ4v) is 3.81. The number of carbonyl (C=O) groups excluding carboxylic acids is 1. The number of hydrogen-bond donors (Lipinski definition) is 0. The van der Waals surface area contributed by atoms with Crippen LogP contribution in [0.25, 0.3) is 0 Å². The predicted octanol–water partition coefficient (Wildman–Crippen LogP) is 2.40. The molecule has 2 atom stereocenters. The summed E-state index contributed by atoms with van der Waals surface area (Å²) < 4.78 is 13.2. The summed E-state index contributed by atoms with van der Waals surface area (Å²) in [4.78, 5) is 18.7. The standard InChI is InChI=1S/C18H29N3O3/c1-13-4-6-16(7-5-13)20-10-15(19-11-20)8-17-18(22)21(12-23-3)9-14(2)24-17/h10-11,13-14,16-17H,4-9,12H2,1-3H3/t13-,14-,16-,17?/m1/s1. The van der Waals surface area contributed by atoms with Crippen molar-refractivity contribution in [1.29, 1.82) is 0 Å². The van der Waals surface area contributed by atoms with Crippen molar-refractivity contribution in [3.05, 3.63) is 18.2 Å². The highest BCUT2D eigenvalue weighted by molar-refractivity contribution is 5.81. The minimum Gasteiger partial charge on any atom is -0.364 e. The van der Waals surface area contributed by atoms with Crippen LogP contribution in [0.5, 0.6) is 0 Å². The van der Waals surface area contributed by atoms with Crippen molar-refractivity contribution in [2.45, 2.75) is 64.2 Å². The second kappa shape index (κ2) is 7.66. The molecule has 2 fully saturated rings. The van der Waals surface area contributed by atoms with Gasteiger partial charge in [-0.15, -0.1) is 0 Å². The number of carbonyl (C=O) groups is 1. The first kappa shape index (κ1) is 17.4. The van der Waals surface area contributed by atoms with Crippen LogP contribution in [0, 0.1) is 5.92 Å². The third kappa shape index (κ3) is 3.98. The van der Waals surface area contributed by atoms with Crippen LogP contribution in [-0.2, 0) is 20.7 Å². The lowest BCUT2D eigenvalue weighted by Gasteiger charge is -2.35. The molecule has 1 saturated carbocycles. The van der Waals surface area contributed by atoms with Crippen LogP contribution in [0.15, 0.2) is 12.5 Å². The normalized spacial score (nSPS) is 31.5. The van der Waals surface area contributed by atoms with Gasteiger partial charge in [-0.05, 0) is 38.5 Å². The van der Waals surface area contributed by atoms with E-state index in [1.807, 2.05) is 13.3 Å². The number of amides is 1. The monoisotopic (exact) mass is 335 g/mol. The quantitative estimate of drug-likeness (QED) is 0.829. The van der Waals surface area contributed by atoms with Crippen LogP contribution in [0.4, 0.5) is 0 Å². The van der Waals surface area contributed by atoms with Crippen molar-refractivity contribution in [3.63, 3.8) is 0 Å². The van der Waals surface area contributed by atoms with Crippen LogP contribution in [0.3, 0.4) is 0 Å². The molecule has 6 heteroatoms. The summed E-state index contributed by atoms with van der Waals surface area (Å²) in [5.41, 5.74) is 0.929. The Balaban J connectivity index is 1.62. The Kier molecular flexibility index (Phi) is 5.56. The van der Waals surface area contributed by atoms with Gasteiger partial charge in [0.15, 0.2) is 0 Å². The molecule has 24 heavy (non-hydrogen) atoms. The third-order valence-electron chi connectivity index (χ3n) is 5.20. The Bertz CT molecular complexity index is 551. The number of imidazole rings is 1. The molecule has 0 bridgehead atoms. The lowest BCUT2D eigenvalue weighted by Crippen LogP contribution is -2.52. The van der Waals surface area contributed by atoms with Gasteiger partial charge in [-0.2, -0.15) is 0 Å². The number of hydrogen-bond acceptors (Lipinski definition) is 4. The van der Waals surface area contributed by atoms with Gasteiger partial charge >= 0.3 is 0 Å². The number of rotatable bonds is 5. The molecule has 2 aliphatic rings. The molecule has 0 aromatic carbocycles. The Labute approximate surface area is 144 Å². The Morgan fingerprint density at radius 3 is 2.75 bits per heavy atom. The fourth-order valence-electron chi connectivity index (χ4n) is 3.81. The summed E-state index contributed by atoms with van der Waals surface area (Å²) in [5, 5.41) is 0. The molecule has 0 spiro atoms. The highest BCUT2D eigenvalue weighted by atomic mass is 16.5. The van der Waals surface area contributed by atoms with E-state index in [0.29, 0.717) is 25.7 Å². The molecular weight excluding hydrogens is 306 g/mol. The maximum Gasteiger partial charge on any atom is 0.254 e. The highest BCUT2D eigenvalue weighted by Gasteiger charge is 2.33. The van der Waals surface area contributed by atoms with Gasteiger partial charge in [0.25, 0.3) is 5.91 Å². The zero-order valence-corrected chi connectivity index (χ0v) is 15.0. The Morgan fingerprint density at radius 1 is 1.29 bits per heavy atom. The molecule has 2 heterocycles. The van der Waals surface area contributed by atoms with E-state index in [9.17, 15) is 4.79 Å². The van der Waals surface area contributed by atoms with E-state index in [1.54, 1.807) is 12.0 Å². The van der Waals surface area contributed by atoms with E-state index in [2.05, 4.69) is 22.7 Å². The van der Waals surface area contributed by atoms with Crippen LogP contribution in [0.1, 0.15) is 51.3 Å². The SMILES string of the molecule is COCN1C[C@@H](C)OC(Cc2cn([C@H]3CC[C@H](C)CC3)cn2)C1=O. The molecule has 0 radical (unpaired) electrons. The lowest BCUT2D eigenvalue weighted by atomic mass is 9.87. The first-order valence-corrected chi connectivity index (χ1v) is 9.02. The predicted molar refractivity (Wildman–Crippen MR) is 90.5 cm³/mol. The topological polar surface area (TPSA) is 56.6 Å². The summed E-state index contributed by atoms with van der Waals surface area (Å²) >= 11 is 0. The molecule has 1 aliphatic heterocycles. The van der Waals surface area contributed by atoms with Gasteiger partial charge in [0.1, 0.15) is 12.8 Å². The zero-order chi connectivity index (χ0) is 17.1. The summed E-state index contributed by atoms with van der Waals surface area (Å²) in [7, 11) is 1.61. The first-order chi connectivity index (χ1) is 11.6. The van der Waals surface area contributed by atoms with E-state index >= 15 is 0 Å². The van der Waals surface area contributed by atoms with Crippen LogP contribution in [0.2, 0.25) is 0 Å². The maximum atomic E-state index is 12.5. The van der Waals surface area contributed by atoms with E-state index in [0.717, 1.165) is 11.6 Å². The van der Waals surface area contributed by atoms with E-state index < -0.39 is 6.10 Å². The number of ether oxygens (including phenoxy) is 2. The second-order valence-electron chi connectivity index (χ2n) is 7.34. The third-order valence-corrected chi connectivity index (χ3v) is 5.20. The Morgan fingerprint density at radius 2 is 2.04 bits per heavy atom. The zero-order valence-electron chi connectivity index (χ0n) is 15.0.